The highest BCUT2D eigenvalue weighted by Crippen LogP contribution is 2.30. The van der Waals surface area contributed by atoms with Crippen LogP contribution in [0.15, 0.2) is 82.7 Å². The van der Waals surface area contributed by atoms with E-state index in [1.807, 2.05) is 49.4 Å². The molecule has 1 aliphatic rings. The third-order valence-electron chi connectivity index (χ3n) is 5.71. The van der Waals surface area contributed by atoms with Crippen molar-refractivity contribution in [2.24, 2.45) is 0 Å². The van der Waals surface area contributed by atoms with Crippen molar-refractivity contribution in [3.05, 3.63) is 94.3 Å². The molecule has 0 radical (unpaired) electrons. The molecule has 4 aromatic rings. The first-order valence-corrected chi connectivity index (χ1v) is 11.8. The van der Waals surface area contributed by atoms with Gasteiger partial charge in [-0.2, -0.15) is 0 Å². The summed E-state index contributed by atoms with van der Waals surface area (Å²) < 4.78 is 7.01. The zero-order valence-corrected chi connectivity index (χ0v) is 19.2. The zero-order chi connectivity index (χ0) is 23.7. The van der Waals surface area contributed by atoms with Gasteiger partial charge in [0.05, 0.1) is 28.4 Å². The topological polar surface area (TPSA) is 90.3 Å². The van der Waals surface area contributed by atoms with Gasteiger partial charge in [-0.05, 0) is 42.8 Å². The highest BCUT2D eigenvalue weighted by Gasteiger charge is 2.21. The van der Waals surface area contributed by atoms with Crippen LogP contribution in [0, 0.1) is 0 Å². The fourth-order valence-electron chi connectivity index (χ4n) is 3.92. The molecule has 1 aromatic heterocycles. The highest BCUT2D eigenvalue weighted by molar-refractivity contribution is 7.99. The summed E-state index contributed by atoms with van der Waals surface area (Å²) in [5.74, 6) is 0.213. The fourth-order valence-corrected chi connectivity index (χ4v) is 4.89. The number of ketones is 1. The lowest BCUT2D eigenvalue weighted by Gasteiger charge is -2.20. The standard InChI is InChI=1S/C26H21N3O4S/c1-16(17-7-3-2-4-8-17)29-25(32)19-9-5-6-10-20(19)28-26(29)34-15-22(30)18-11-12-23-21(13-18)27-24(31)14-33-23/h2-13,16H,14-15H2,1H3,(H,27,31)/t16-/m0/s1. The average Bonchev–Trinajstić information content (AvgIpc) is 2.87. The summed E-state index contributed by atoms with van der Waals surface area (Å²) in [5, 5.41) is 3.73. The van der Waals surface area contributed by atoms with Crippen molar-refractivity contribution >= 4 is 40.0 Å². The lowest BCUT2D eigenvalue weighted by Crippen LogP contribution is -2.27. The van der Waals surface area contributed by atoms with E-state index in [2.05, 4.69) is 5.32 Å². The average molecular weight is 472 g/mol. The Labute approximate surface area is 199 Å². The van der Waals surface area contributed by atoms with E-state index in [0.29, 0.717) is 33.1 Å². The largest absolute Gasteiger partial charge is 0.482 e. The predicted octanol–water partition coefficient (Wildman–Crippen LogP) is 4.31. The number of thioether (sulfide) groups is 1. The fraction of sp³-hybridized carbons (Fsp3) is 0.154. The van der Waals surface area contributed by atoms with E-state index < -0.39 is 0 Å². The molecule has 1 aliphatic heterocycles. The summed E-state index contributed by atoms with van der Waals surface area (Å²) in [6.07, 6.45) is 0. The van der Waals surface area contributed by atoms with Gasteiger partial charge in [0, 0.05) is 5.56 Å². The molecule has 7 nitrogen and oxygen atoms in total. The molecule has 0 fully saturated rings. The van der Waals surface area contributed by atoms with Crippen molar-refractivity contribution in [3.8, 4) is 5.75 Å². The minimum absolute atomic E-state index is 0.0408. The number of benzene rings is 3. The molecule has 0 bridgehead atoms. The molecular formula is C26H21N3O4S. The number of para-hydroxylation sites is 1. The van der Waals surface area contributed by atoms with E-state index in [-0.39, 0.29) is 35.7 Å². The first-order chi connectivity index (χ1) is 16.5. The molecule has 3 aromatic carbocycles. The highest BCUT2D eigenvalue weighted by atomic mass is 32.2. The quantitative estimate of drug-likeness (QED) is 0.256. The van der Waals surface area contributed by atoms with E-state index in [1.54, 1.807) is 34.9 Å². The Balaban J connectivity index is 1.47. The van der Waals surface area contributed by atoms with Gasteiger partial charge in [0.2, 0.25) is 0 Å². The number of carbonyl (C=O) groups is 2. The van der Waals surface area contributed by atoms with E-state index in [1.165, 1.54) is 11.8 Å². The number of hydrogen-bond donors (Lipinski definition) is 1. The molecule has 0 unspecified atom stereocenters. The van der Waals surface area contributed by atoms with E-state index in [4.69, 9.17) is 9.72 Å². The van der Waals surface area contributed by atoms with Crippen molar-refractivity contribution in [1.29, 1.82) is 0 Å². The molecule has 2 heterocycles. The Hall–Kier alpha value is -3.91. The van der Waals surface area contributed by atoms with Crippen LogP contribution in [0.1, 0.15) is 28.9 Å². The summed E-state index contributed by atoms with van der Waals surface area (Å²) in [7, 11) is 0. The first kappa shape index (κ1) is 21.9. The summed E-state index contributed by atoms with van der Waals surface area (Å²) in [6.45, 7) is 1.91. The van der Waals surface area contributed by atoms with Crippen LogP contribution in [0.4, 0.5) is 5.69 Å². The second kappa shape index (κ2) is 9.15. The third-order valence-corrected chi connectivity index (χ3v) is 6.66. The van der Waals surface area contributed by atoms with Gasteiger partial charge in [-0.1, -0.05) is 54.2 Å². The third kappa shape index (κ3) is 4.20. The van der Waals surface area contributed by atoms with Gasteiger partial charge in [0.1, 0.15) is 5.75 Å². The number of fused-ring (bicyclic) bond motifs is 2. The number of Topliss-reactive ketones (excluding diaryl/α,β-unsaturated/α-hetero) is 1. The maximum Gasteiger partial charge on any atom is 0.262 e. The Morgan fingerprint density at radius 3 is 2.68 bits per heavy atom. The van der Waals surface area contributed by atoms with Crippen molar-refractivity contribution in [2.75, 3.05) is 17.7 Å². The number of ether oxygens (including phenoxy) is 1. The van der Waals surface area contributed by atoms with Crippen LogP contribution in [0.5, 0.6) is 5.75 Å². The second-order valence-corrected chi connectivity index (χ2v) is 8.88. The lowest BCUT2D eigenvalue weighted by atomic mass is 10.1. The summed E-state index contributed by atoms with van der Waals surface area (Å²) in [5.41, 5.74) is 2.34. The molecule has 0 aliphatic carbocycles. The maximum atomic E-state index is 13.4. The maximum absolute atomic E-state index is 13.4. The Bertz CT molecular complexity index is 1470. The number of amides is 1. The van der Waals surface area contributed by atoms with Crippen LogP contribution < -0.4 is 15.6 Å². The Kier molecular flexibility index (Phi) is 5.90. The Morgan fingerprint density at radius 2 is 1.85 bits per heavy atom. The van der Waals surface area contributed by atoms with Gasteiger partial charge in [-0.25, -0.2) is 4.98 Å². The van der Waals surface area contributed by atoms with Crippen LogP contribution in [-0.4, -0.2) is 33.6 Å². The molecule has 1 atom stereocenters. The van der Waals surface area contributed by atoms with Gasteiger partial charge in [0.15, 0.2) is 17.5 Å². The number of rotatable bonds is 6. The van der Waals surface area contributed by atoms with Gasteiger partial charge < -0.3 is 10.1 Å². The van der Waals surface area contributed by atoms with Crippen LogP contribution in [0.3, 0.4) is 0 Å². The molecular weight excluding hydrogens is 450 g/mol. The van der Waals surface area contributed by atoms with E-state index >= 15 is 0 Å². The summed E-state index contributed by atoms with van der Waals surface area (Å²) in [4.78, 5) is 42.8. The van der Waals surface area contributed by atoms with Crippen molar-refractivity contribution in [3.63, 3.8) is 0 Å². The van der Waals surface area contributed by atoms with Crippen molar-refractivity contribution < 1.29 is 14.3 Å². The molecule has 170 valence electrons. The number of nitrogens with one attached hydrogen (secondary N) is 1. The lowest BCUT2D eigenvalue weighted by molar-refractivity contribution is -0.118. The second-order valence-electron chi connectivity index (χ2n) is 7.93. The molecule has 34 heavy (non-hydrogen) atoms. The normalized spacial score (nSPS) is 13.6. The molecule has 0 saturated carbocycles. The van der Waals surface area contributed by atoms with E-state index in [0.717, 1.165) is 5.56 Å². The minimum atomic E-state index is -0.264. The van der Waals surface area contributed by atoms with Crippen molar-refractivity contribution in [2.45, 2.75) is 18.1 Å². The summed E-state index contributed by atoms with van der Waals surface area (Å²) >= 11 is 1.22. The molecule has 0 spiro atoms. The van der Waals surface area contributed by atoms with Crippen LogP contribution >= 0.6 is 11.8 Å². The number of anilines is 1. The monoisotopic (exact) mass is 471 g/mol. The molecule has 1 N–H and O–H groups in total. The zero-order valence-electron chi connectivity index (χ0n) is 18.4. The minimum Gasteiger partial charge on any atom is -0.482 e. The molecule has 5 rings (SSSR count). The SMILES string of the molecule is C[C@@H](c1ccccc1)n1c(SCC(=O)c2ccc3c(c2)NC(=O)CO3)nc2ccccc2c1=O. The van der Waals surface area contributed by atoms with Crippen LogP contribution in [-0.2, 0) is 4.79 Å². The number of carbonyl (C=O) groups excluding carboxylic acids is 2. The smallest absolute Gasteiger partial charge is 0.262 e. The van der Waals surface area contributed by atoms with Crippen molar-refractivity contribution in [1.82, 2.24) is 9.55 Å². The first-order valence-electron chi connectivity index (χ1n) is 10.8. The van der Waals surface area contributed by atoms with Gasteiger partial charge in [-0.3, -0.25) is 19.0 Å². The Morgan fingerprint density at radius 1 is 1.09 bits per heavy atom. The molecule has 1 amide bonds. The van der Waals surface area contributed by atoms with Crippen LogP contribution in [0.25, 0.3) is 10.9 Å². The number of nitrogens with zero attached hydrogens (tertiary/aromatic N) is 2. The van der Waals surface area contributed by atoms with Crippen LogP contribution in [0.2, 0.25) is 0 Å². The molecule has 8 heteroatoms. The van der Waals surface area contributed by atoms with Gasteiger partial charge in [0.25, 0.3) is 11.5 Å². The van der Waals surface area contributed by atoms with E-state index in [9.17, 15) is 14.4 Å². The van der Waals surface area contributed by atoms with Gasteiger partial charge >= 0.3 is 0 Å². The predicted molar refractivity (Wildman–Crippen MR) is 132 cm³/mol. The van der Waals surface area contributed by atoms with Gasteiger partial charge in [-0.15, -0.1) is 0 Å². The number of hydrogen-bond acceptors (Lipinski definition) is 6. The summed E-state index contributed by atoms with van der Waals surface area (Å²) in [6, 6.07) is 21.6. The molecule has 0 saturated heterocycles. The number of aromatic nitrogens is 2.